The number of nitrogens with one attached hydrogen (secondary N) is 1. The highest BCUT2D eigenvalue weighted by atomic mass is 16.5. The predicted molar refractivity (Wildman–Crippen MR) is 83.4 cm³/mol. The van der Waals surface area contributed by atoms with Crippen molar-refractivity contribution in [3.63, 3.8) is 0 Å². The summed E-state index contributed by atoms with van der Waals surface area (Å²) in [7, 11) is 0. The lowest BCUT2D eigenvalue weighted by atomic mass is 9.90. The molecule has 0 radical (unpaired) electrons. The molecule has 1 aliphatic heterocycles. The SMILES string of the molecule is CCCNCc1ccc(N2CCOC3CCCCC32)nn1. The van der Waals surface area contributed by atoms with Gasteiger partial charge in [0.2, 0.25) is 0 Å². The van der Waals surface area contributed by atoms with Crippen LogP contribution in [0.5, 0.6) is 0 Å². The molecule has 21 heavy (non-hydrogen) atoms. The van der Waals surface area contributed by atoms with E-state index in [-0.39, 0.29) is 0 Å². The number of morpholine rings is 1. The van der Waals surface area contributed by atoms with Gasteiger partial charge in [-0.15, -0.1) is 5.10 Å². The van der Waals surface area contributed by atoms with Crippen LogP contribution >= 0.6 is 0 Å². The van der Waals surface area contributed by atoms with Gasteiger partial charge in [0.25, 0.3) is 0 Å². The number of nitrogens with zero attached hydrogens (tertiary/aromatic N) is 3. The smallest absolute Gasteiger partial charge is 0.151 e. The summed E-state index contributed by atoms with van der Waals surface area (Å²) >= 11 is 0. The molecule has 0 aromatic carbocycles. The Hall–Kier alpha value is -1.20. The number of ether oxygens (including phenoxy) is 1. The molecule has 0 bridgehead atoms. The monoisotopic (exact) mass is 290 g/mol. The number of hydrogen-bond acceptors (Lipinski definition) is 5. The van der Waals surface area contributed by atoms with E-state index in [0.717, 1.165) is 44.2 Å². The second-order valence-corrected chi connectivity index (χ2v) is 6.01. The molecule has 1 N–H and O–H groups in total. The summed E-state index contributed by atoms with van der Waals surface area (Å²) in [4.78, 5) is 2.41. The van der Waals surface area contributed by atoms with E-state index in [9.17, 15) is 0 Å². The molecular formula is C16H26N4O. The van der Waals surface area contributed by atoms with Crippen molar-refractivity contribution in [1.29, 1.82) is 0 Å². The lowest BCUT2D eigenvalue weighted by molar-refractivity contribution is -0.00905. The number of hydrogen-bond donors (Lipinski definition) is 1. The fourth-order valence-electron chi connectivity index (χ4n) is 3.37. The molecule has 2 fully saturated rings. The van der Waals surface area contributed by atoms with Gasteiger partial charge in [-0.2, -0.15) is 5.10 Å². The third kappa shape index (κ3) is 3.52. The van der Waals surface area contributed by atoms with Crippen LogP contribution < -0.4 is 10.2 Å². The molecule has 1 saturated carbocycles. The molecule has 2 unspecified atom stereocenters. The highest BCUT2D eigenvalue weighted by Crippen LogP contribution is 2.30. The first-order chi connectivity index (χ1) is 10.4. The molecule has 2 heterocycles. The van der Waals surface area contributed by atoms with E-state index in [1.807, 2.05) is 0 Å². The van der Waals surface area contributed by atoms with Crippen LogP contribution in [0.2, 0.25) is 0 Å². The van der Waals surface area contributed by atoms with Gasteiger partial charge in [-0.1, -0.05) is 19.8 Å². The molecule has 3 rings (SSSR count). The maximum Gasteiger partial charge on any atom is 0.151 e. The molecule has 0 amide bonds. The first-order valence-electron chi connectivity index (χ1n) is 8.30. The summed E-state index contributed by atoms with van der Waals surface area (Å²) in [6.07, 6.45) is 6.53. The third-order valence-electron chi connectivity index (χ3n) is 4.46. The second kappa shape index (κ2) is 7.18. The highest BCUT2D eigenvalue weighted by Gasteiger charge is 2.34. The van der Waals surface area contributed by atoms with Crippen LogP contribution in [-0.2, 0) is 11.3 Å². The Morgan fingerprint density at radius 3 is 3.00 bits per heavy atom. The summed E-state index contributed by atoms with van der Waals surface area (Å²) < 4.78 is 5.92. The normalized spacial score (nSPS) is 25.7. The standard InChI is InChI=1S/C16H26N4O/c1-2-9-17-12-13-7-8-16(19-18-13)20-10-11-21-15-6-4-3-5-14(15)20/h7-8,14-15,17H,2-6,9-12H2,1H3. The van der Waals surface area contributed by atoms with E-state index in [2.05, 4.69) is 39.5 Å². The van der Waals surface area contributed by atoms with Crippen LogP contribution in [0, 0.1) is 0 Å². The molecule has 1 aliphatic carbocycles. The van der Waals surface area contributed by atoms with Crippen LogP contribution in [0.15, 0.2) is 12.1 Å². The van der Waals surface area contributed by atoms with Crippen LogP contribution in [0.3, 0.4) is 0 Å². The lowest BCUT2D eigenvalue weighted by Crippen LogP contribution is -2.53. The largest absolute Gasteiger partial charge is 0.374 e. The Labute approximate surface area is 127 Å². The topological polar surface area (TPSA) is 50.3 Å². The molecule has 5 heteroatoms. The fraction of sp³-hybridized carbons (Fsp3) is 0.750. The second-order valence-electron chi connectivity index (χ2n) is 6.01. The van der Waals surface area contributed by atoms with Crippen molar-refractivity contribution in [2.45, 2.75) is 57.7 Å². The summed E-state index contributed by atoms with van der Waals surface area (Å²) in [6.45, 7) is 5.74. The Balaban J connectivity index is 1.65. The Kier molecular flexibility index (Phi) is 5.04. The van der Waals surface area contributed by atoms with Crippen molar-refractivity contribution >= 4 is 5.82 Å². The Morgan fingerprint density at radius 2 is 2.19 bits per heavy atom. The molecule has 2 aliphatic rings. The predicted octanol–water partition coefficient (Wildman–Crippen LogP) is 2.12. The summed E-state index contributed by atoms with van der Waals surface area (Å²) in [6, 6.07) is 4.71. The molecule has 116 valence electrons. The van der Waals surface area contributed by atoms with Crippen LogP contribution in [0.4, 0.5) is 5.82 Å². The number of anilines is 1. The minimum Gasteiger partial charge on any atom is -0.374 e. The average molecular weight is 290 g/mol. The van der Waals surface area contributed by atoms with Crippen molar-refractivity contribution in [3.8, 4) is 0 Å². The van der Waals surface area contributed by atoms with Crippen LogP contribution in [0.25, 0.3) is 0 Å². The summed E-state index contributed by atoms with van der Waals surface area (Å²) in [5, 5.41) is 12.2. The van der Waals surface area contributed by atoms with Gasteiger partial charge in [0, 0.05) is 13.1 Å². The zero-order valence-corrected chi connectivity index (χ0v) is 12.9. The average Bonchev–Trinajstić information content (AvgIpc) is 2.55. The Morgan fingerprint density at radius 1 is 1.29 bits per heavy atom. The molecule has 0 spiro atoms. The highest BCUT2D eigenvalue weighted by molar-refractivity contribution is 5.40. The molecule has 2 atom stereocenters. The fourth-order valence-corrected chi connectivity index (χ4v) is 3.37. The van der Waals surface area contributed by atoms with Crippen molar-refractivity contribution in [3.05, 3.63) is 17.8 Å². The van der Waals surface area contributed by atoms with Crippen molar-refractivity contribution in [2.75, 3.05) is 24.6 Å². The van der Waals surface area contributed by atoms with Gasteiger partial charge >= 0.3 is 0 Å². The maximum atomic E-state index is 5.92. The van der Waals surface area contributed by atoms with E-state index >= 15 is 0 Å². The van der Waals surface area contributed by atoms with Crippen molar-refractivity contribution in [1.82, 2.24) is 15.5 Å². The van der Waals surface area contributed by atoms with Gasteiger partial charge in [-0.25, -0.2) is 0 Å². The van der Waals surface area contributed by atoms with E-state index in [0.29, 0.717) is 12.1 Å². The van der Waals surface area contributed by atoms with Gasteiger partial charge < -0.3 is 15.0 Å². The van der Waals surface area contributed by atoms with E-state index in [1.165, 1.54) is 25.7 Å². The molecule has 1 saturated heterocycles. The molecule has 5 nitrogen and oxygen atoms in total. The third-order valence-corrected chi connectivity index (χ3v) is 4.46. The number of rotatable bonds is 5. The van der Waals surface area contributed by atoms with Gasteiger partial charge in [0.15, 0.2) is 5.82 Å². The number of aromatic nitrogens is 2. The Bertz CT molecular complexity index is 434. The zero-order chi connectivity index (χ0) is 14.5. The van der Waals surface area contributed by atoms with Gasteiger partial charge in [0.05, 0.1) is 24.4 Å². The van der Waals surface area contributed by atoms with Crippen molar-refractivity contribution in [2.24, 2.45) is 0 Å². The van der Waals surface area contributed by atoms with Gasteiger partial charge in [0.1, 0.15) is 0 Å². The summed E-state index contributed by atoms with van der Waals surface area (Å²) in [5.41, 5.74) is 1.01. The first kappa shape index (κ1) is 14.7. The van der Waals surface area contributed by atoms with Gasteiger partial charge in [-0.3, -0.25) is 0 Å². The van der Waals surface area contributed by atoms with Gasteiger partial charge in [-0.05, 0) is 37.9 Å². The quantitative estimate of drug-likeness (QED) is 0.842. The summed E-state index contributed by atoms with van der Waals surface area (Å²) in [5.74, 6) is 1.01. The molecule has 1 aromatic heterocycles. The van der Waals surface area contributed by atoms with Crippen molar-refractivity contribution < 1.29 is 4.74 Å². The maximum absolute atomic E-state index is 5.92. The zero-order valence-electron chi connectivity index (χ0n) is 12.9. The number of fused-ring (bicyclic) bond motifs is 1. The minimum absolute atomic E-state index is 0.389. The first-order valence-corrected chi connectivity index (χ1v) is 8.30. The molecular weight excluding hydrogens is 264 g/mol. The van der Waals surface area contributed by atoms with E-state index in [4.69, 9.17) is 4.74 Å². The minimum atomic E-state index is 0.389. The molecule has 1 aromatic rings. The van der Waals surface area contributed by atoms with E-state index < -0.39 is 0 Å². The van der Waals surface area contributed by atoms with Crippen LogP contribution in [0.1, 0.15) is 44.7 Å². The lowest BCUT2D eigenvalue weighted by Gasteiger charge is -2.44. The van der Waals surface area contributed by atoms with E-state index in [1.54, 1.807) is 0 Å². The van der Waals surface area contributed by atoms with Crippen LogP contribution in [-0.4, -0.2) is 42.0 Å².